The SMILES string of the molecule is CCc1nc2cccnc2n1-c1ccc(C(=O)N2CCc3ccccc32)cc1. The maximum atomic E-state index is 13.0. The van der Waals surface area contributed by atoms with Crippen molar-refractivity contribution in [2.24, 2.45) is 0 Å². The van der Waals surface area contributed by atoms with E-state index >= 15 is 0 Å². The summed E-state index contributed by atoms with van der Waals surface area (Å²) < 4.78 is 2.06. The van der Waals surface area contributed by atoms with Gasteiger partial charge in [0.2, 0.25) is 0 Å². The van der Waals surface area contributed by atoms with Crippen LogP contribution < -0.4 is 4.90 Å². The predicted octanol–water partition coefficient (Wildman–Crippen LogP) is 4.19. The molecule has 3 heterocycles. The van der Waals surface area contributed by atoms with Gasteiger partial charge in [0.15, 0.2) is 5.65 Å². The molecule has 2 aromatic carbocycles. The predicted molar refractivity (Wildman–Crippen MR) is 110 cm³/mol. The van der Waals surface area contributed by atoms with Crippen LogP contribution in [-0.2, 0) is 12.8 Å². The lowest BCUT2D eigenvalue weighted by Gasteiger charge is -2.17. The first-order valence-corrected chi connectivity index (χ1v) is 9.59. The highest BCUT2D eigenvalue weighted by Crippen LogP contribution is 2.29. The monoisotopic (exact) mass is 368 g/mol. The number of aromatic nitrogens is 3. The first-order chi connectivity index (χ1) is 13.8. The van der Waals surface area contributed by atoms with E-state index in [0.717, 1.165) is 47.7 Å². The Labute approximate surface area is 163 Å². The number of hydrogen-bond acceptors (Lipinski definition) is 3. The van der Waals surface area contributed by atoms with Crippen molar-refractivity contribution < 1.29 is 4.79 Å². The molecule has 5 rings (SSSR count). The Morgan fingerprint density at radius 3 is 2.68 bits per heavy atom. The zero-order valence-electron chi connectivity index (χ0n) is 15.7. The minimum atomic E-state index is 0.0424. The Morgan fingerprint density at radius 1 is 1.04 bits per heavy atom. The summed E-state index contributed by atoms with van der Waals surface area (Å²) in [5.41, 5.74) is 5.64. The third kappa shape index (κ3) is 2.59. The largest absolute Gasteiger partial charge is 0.308 e. The highest BCUT2D eigenvalue weighted by Gasteiger charge is 2.25. The van der Waals surface area contributed by atoms with E-state index in [4.69, 9.17) is 0 Å². The van der Waals surface area contributed by atoms with Gasteiger partial charge in [-0.05, 0) is 54.4 Å². The first-order valence-electron chi connectivity index (χ1n) is 9.59. The molecule has 0 bridgehead atoms. The molecule has 2 aromatic heterocycles. The second-order valence-corrected chi connectivity index (χ2v) is 6.95. The van der Waals surface area contributed by atoms with E-state index in [2.05, 4.69) is 27.5 Å². The molecule has 0 aliphatic carbocycles. The number of hydrogen-bond donors (Lipinski definition) is 0. The van der Waals surface area contributed by atoms with Crippen molar-refractivity contribution in [3.8, 4) is 5.69 Å². The Balaban J connectivity index is 1.50. The van der Waals surface area contributed by atoms with Crippen molar-refractivity contribution in [1.82, 2.24) is 14.5 Å². The van der Waals surface area contributed by atoms with Crippen LogP contribution in [0.2, 0.25) is 0 Å². The van der Waals surface area contributed by atoms with Gasteiger partial charge in [-0.2, -0.15) is 0 Å². The molecule has 1 aliphatic heterocycles. The number of fused-ring (bicyclic) bond motifs is 2. The summed E-state index contributed by atoms with van der Waals surface area (Å²) in [6.07, 6.45) is 3.50. The molecular weight excluding hydrogens is 348 g/mol. The van der Waals surface area contributed by atoms with Crippen LogP contribution in [0.15, 0.2) is 66.9 Å². The molecule has 1 amide bonds. The van der Waals surface area contributed by atoms with Gasteiger partial charge in [-0.3, -0.25) is 9.36 Å². The molecule has 0 N–H and O–H groups in total. The van der Waals surface area contributed by atoms with Crippen LogP contribution >= 0.6 is 0 Å². The smallest absolute Gasteiger partial charge is 0.258 e. The zero-order valence-corrected chi connectivity index (χ0v) is 15.7. The second-order valence-electron chi connectivity index (χ2n) is 6.95. The Hall–Kier alpha value is -3.47. The molecule has 5 nitrogen and oxygen atoms in total. The van der Waals surface area contributed by atoms with Crippen LogP contribution in [0.5, 0.6) is 0 Å². The molecule has 1 aliphatic rings. The van der Waals surface area contributed by atoms with E-state index in [1.54, 1.807) is 6.20 Å². The Bertz CT molecular complexity index is 1180. The van der Waals surface area contributed by atoms with Gasteiger partial charge in [-0.1, -0.05) is 25.1 Å². The Kier molecular flexibility index (Phi) is 3.93. The molecule has 0 fully saturated rings. The fraction of sp³-hybridized carbons (Fsp3) is 0.174. The zero-order chi connectivity index (χ0) is 19.1. The molecule has 0 saturated carbocycles. The number of pyridine rings is 1. The molecule has 138 valence electrons. The van der Waals surface area contributed by atoms with Crippen molar-refractivity contribution in [1.29, 1.82) is 0 Å². The van der Waals surface area contributed by atoms with Crippen LogP contribution in [0, 0.1) is 0 Å². The molecule has 5 heteroatoms. The minimum absolute atomic E-state index is 0.0424. The Morgan fingerprint density at radius 2 is 1.86 bits per heavy atom. The number of para-hydroxylation sites is 1. The molecule has 0 spiro atoms. The third-order valence-corrected chi connectivity index (χ3v) is 5.31. The van der Waals surface area contributed by atoms with Crippen molar-refractivity contribution in [3.63, 3.8) is 0 Å². The number of benzene rings is 2. The number of anilines is 1. The molecule has 0 saturated heterocycles. The summed E-state index contributed by atoms with van der Waals surface area (Å²) in [7, 11) is 0. The van der Waals surface area contributed by atoms with Gasteiger partial charge in [0.05, 0.1) is 0 Å². The van der Waals surface area contributed by atoms with Gasteiger partial charge in [-0.25, -0.2) is 9.97 Å². The fourth-order valence-electron chi connectivity index (χ4n) is 3.93. The third-order valence-electron chi connectivity index (χ3n) is 5.31. The standard InChI is InChI=1S/C23H20N4O/c1-2-21-25-19-7-5-14-24-22(19)27(21)18-11-9-17(10-12-18)23(28)26-15-13-16-6-3-4-8-20(16)26/h3-12,14H,2,13,15H2,1H3. The molecule has 0 radical (unpaired) electrons. The van der Waals surface area contributed by atoms with Crippen molar-refractivity contribution in [2.45, 2.75) is 19.8 Å². The fourth-order valence-corrected chi connectivity index (χ4v) is 3.93. The average molecular weight is 368 g/mol. The first kappa shape index (κ1) is 16.7. The van der Waals surface area contributed by atoms with Gasteiger partial charge in [-0.15, -0.1) is 0 Å². The second kappa shape index (κ2) is 6.60. The normalized spacial score (nSPS) is 13.1. The van der Waals surface area contributed by atoms with E-state index in [9.17, 15) is 4.79 Å². The van der Waals surface area contributed by atoms with Crippen LogP contribution in [0.3, 0.4) is 0 Å². The molecular formula is C23H20N4O. The average Bonchev–Trinajstić information content (AvgIpc) is 3.35. The highest BCUT2D eigenvalue weighted by atomic mass is 16.2. The summed E-state index contributed by atoms with van der Waals surface area (Å²) in [6.45, 7) is 2.82. The number of amides is 1. The van der Waals surface area contributed by atoms with E-state index < -0.39 is 0 Å². The summed E-state index contributed by atoms with van der Waals surface area (Å²) in [6, 6.07) is 19.7. The number of rotatable bonds is 3. The summed E-state index contributed by atoms with van der Waals surface area (Å²) in [5, 5.41) is 0. The minimum Gasteiger partial charge on any atom is -0.308 e. The quantitative estimate of drug-likeness (QED) is 0.545. The molecule has 4 aromatic rings. The lowest BCUT2D eigenvalue weighted by molar-refractivity contribution is 0.0989. The van der Waals surface area contributed by atoms with Gasteiger partial charge >= 0.3 is 0 Å². The number of carbonyl (C=O) groups is 1. The lowest BCUT2D eigenvalue weighted by atomic mass is 10.1. The van der Waals surface area contributed by atoms with Crippen LogP contribution in [0.1, 0.15) is 28.7 Å². The van der Waals surface area contributed by atoms with E-state index in [1.165, 1.54) is 5.56 Å². The molecule has 0 atom stereocenters. The van der Waals surface area contributed by atoms with Crippen molar-refractivity contribution in [3.05, 3.63) is 83.8 Å². The van der Waals surface area contributed by atoms with Gasteiger partial charge in [0.25, 0.3) is 5.91 Å². The number of nitrogens with zero attached hydrogens (tertiary/aromatic N) is 4. The topological polar surface area (TPSA) is 51.0 Å². The molecule has 28 heavy (non-hydrogen) atoms. The number of aryl methyl sites for hydroxylation is 1. The van der Waals surface area contributed by atoms with Crippen molar-refractivity contribution >= 4 is 22.8 Å². The summed E-state index contributed by atoms with van der Waals surface area (Å²) in [5.74, 6) is 1.00. The molecule has 0 unspecified atom stereocenters. The van der Waals surface area contributed by atoms with Gasteiger partial charge < -0.3 is 4.90 Å². The van der Waals surface area contributed by atoms with Gasteiger partial charge in [0.1, 0.15) is 11.3 Å². The summed E-state index contributed by atoms with van der Waals surface area (Å²) >= 11 is 0. The number of imidazole rings is 1. The van der Waals surface area contributed by atoms with E-state index in [-0.39, 0.29) is 5.91 Å². The maximum Gasteiger partial charge on any atom is 0.258 e. The highest BCUT2D eigenvalue weighted by molar-refractivity contribution is 6.07. The van der Waals surface area contributed by atoms with Crippen LogP contribution in [0.4, 0.5) is 5.69 Å². The lowest BCUT2D eigenvalue weighted by Crippen LogP contribution is -2.28. The van der Waals surface area contributed by atoms with Crippen LogP contribution in [-0.4, -0.2) is 27.0 Å². The van der Waals surface area contributed by atoms with Crippen LogP contribution in [0.25, 0.3) is 16.9 Å². The van der Waals surface area contributed by atoms with E-state index in [0.29, 0.717) is 5.56 Å². The summed E-state index contributed by atoms with van der Waals surface area (Å²) in [4.78, 5) is 24.1. The maximum absolute atomic E-state index is 13.0. The van der Waals surface area contributed by atoms with Crippen molar-refractivity contribution in [2.75, 3.05) is 11.4 Å². The van der Waals surface area contributed by atoms with E-state index in [1.807, 2.05) is 59.5 Å². The number of carbonyl (C=O) groups excluding carboxylic acids is 1. The van der Waals surface area contributed by atoms with Gasteiger partial charge in [0, 0.05) is 36.1 Å².